The van der Waals surface area contributed by atoms with Gasteiger partial charge in [0.1, 0.15) is 0 Å². The Bertz CT molecular complexity index is 834. The van der Waals surface area contributed by atoms with E-state index in [1.54, 1.807) is 15.8 Å². The lowest BCUT2D eigenvalue weighted by Crippen LogP contribution is -2.47. The number of likely N-dealkylation sites (tertiary alicyclic amines) is 1. The minimum Gasteiger partial charge on any atom is -0.342 e. The van der Waals surface area contributed by atoms with Gasteiger partial charge in [-0.05, 0) is 46.1 Å². The van der Waals surface area contributed by atoms with Gasteiger partial charge < -0.3 is 9.80 Å². The van der Waals surface area contributed by atoms with Crippen LogP contribution in [0.15, 0.2) is 36.5 Å². The minimum absolute atomic E-state index is 0.0847. The van der Waals surface area contributed by atoms with E-state index in [9.17, 15) is 9.59 Å². The molecule has 0 spiro atoms. The van der Waals surface area contributed by atoms with Crippen molar-refractivity contribution in [2.24, 2.45) is 0 Å². The first-order valence-corrected chi connectivity index (χ1v) is 10.4. The van der Waals surface area contributed by atoms with E-state index in [1.807, 2.05) is 62.9 Å². The second kappa shape index (κ2) is 8.76. The summed E-state index contributed by atoms with van der Waals surface area (Å²) in [5.41, 5.74) is 0.866. The summed E-state index contributed by atoms with van der Waals surface area (Å²) < 4.78 is 1.79. The van der Waals surface area contributed by atoms with Gasteiger partial charge >= 0.3 is 0 Å². The number of amides is 2. The predicted octanol–water partition coefficient (Wildman–Crippen LogP) is 2.90. The quantitative estimate of drug-likeness (QED) is 0.751. The summed E-state index contributed by atoms with van der Waals surface area (Å²) in [5, 5.41) is 8.28. The van der Waals surface area contributed by atoms with Crippen molar-refractivity contribution < 1.29 is 9.59 Å². The molecule has 0 aliphatic carbocycles. The van der Waals surface area contributed by atoms with Crippen LogP contribution in [-0.2, 0) is 10.2 Å². The van der Waals surface area contributed by atoms with Gasteiger partial charge in [-0.1, -0.05) is 35.5 Å². The molecule has 0 radical (unpaired) electrons. The molecule has 7 heteroatoms. The molecule has 0 N–H and O–H groups in total. The first-order valence-electron chi connectivity index (χ1n) is 10.4. The molecule has 7 nitrogen and oxygen atoms in total. The Morgan fingerprint density at radius 1 is 1.10 bits per heavy atom. The number of nitrogens with zero attached hydrogens (tertiary/aromatic N) is 5. The van der Waals surface area contributed by atoms with Crippen molar-refractivity contribution in [3.8, 4) is 0 Å². The summed E-state index contributed by atoms with van der Waals surface area (Å²) in [7, 11) is 0. The molecule has 0 atom stereocenters. The Labute approximate surface area is 172 Å². The van der Waals surface area contributed by atoms with Crippen molar-refractivity contribution in [1.82, 2.24) is 24.8 Å². The summed E-state index contributed by atoms with van der Waals surface area (Å²) >= 11 is 0. The predicted molar refractivity (Wildman–Crippen MR) is 112 cm³/mol. The van der Waals surface area contributed by atoms with Gasteiger partial charge in [0.05, 0.1) is 17.7 Å². The molecular formula is C22H31N5O2. The fraction of sp³-hybridized carbons (Fsp3) is 0.545. The van der Waals surface area contributed by atoms with Crippen LogP contribution in [0.4, 0.5) is 0 Å². The van der Waals surface area contributed by atoms with Crippen molar-refractivity contribution in [2.45, 2.75) is 52.0 Å². The maximum Gasteiger partial charge on any atom is 0.276 e. The molecule has 3 rings (SSSR count). The van der Waals surface area contributed by atoms with Crippen LogP contribution >= 0.6 is 0 Å². The first kappa shape index (κ1) is 21.0. The molecule has 0 saturated carbocycles. The van der Waals surface area contributed by atoms with Crippen LogP contribution in [0.1, 0.15) is 62.6 Å². The van der Waals surface area contributed by atoms with Gasteiger partial charge in [-0.3, -0.25) is 9.59 Å². The molecule has 1 saturated heterocycles. The molecule has 1 aliphatic heterocycles. The number of aromatic nitrogens is 3. The third-order valence-corrected chi connectivity index (χ3v) is 5.94. The van der Waals surface area contributed by atoms with Crippen molar-refractivity contribution >= 4 is 11.8 Å². The van der Waals surface area contributed by atoms with Crippen molar-refractivity contribution in [3.05, 3.63) is 47.8 Å². The molecule has 2 heterocycles. The van der Waals surface area contributed by atoms with Crippen LogP contribution < -0.4 is 0 Å². The largest absolute Gasteiger partial charge is 0.342 e. The van der Waals surface area contributed by atoms with E-state index in [1.165, 1.54) is 0 Å². The van der Waals surface area contributed by atoms with E-state index < -0.39 is 5.41 Å². The topological polar surface area (TPSA) is 71.3 Å². The molecular weight excluding hydrogens is 366 g/mol. The molecule has 29 heavy (non-hydrogen) atoms. The molecule has 1 aliphatic rings. The molecule has 2 amide bonds. The number of hydrogen-bond acceptors (Lipinski definition) is 4. The SMILES string of the molecule is CCN(CC)C(=O)c1cn(C2CCN(C(=O)C(C)(C)c3ccccc3)CC2)nn1. The number of piperidine rings is 1. The third kappa shape index (κ3) is 4.33. The lowest BCUT2D eigenvalue weighted by molar-refractivity contribution is -0.137. The van der Waals surface area contributed by atoms with Gasteiger partial charge in [-0.15, -0.1) is 5.10 Å². The van der Waals surface area contributed by atoms with E-state index >= 15 is 0 Å². The van der Waals surface area contributed by atoms with Crippen LogP contribution in [0.3, 0.4) is 0 Å². The Morgan fingerprint density at radius 3 is 2.31 bits per heavy atom. The average molecular weight is 398 g/mol. The van der Waals surface area contributed by atoms with Crippen LogP contribution in [0.25, 0.3) is 0 Å². The lowest BCUT2D eigenvalue weighted by Gasteiger charge is -2.37. The second-order valence-electron chi connectivity index (χ2n) is 8.08. The normalized spacial score (nSPS) is 15.4. The Morgan fingerprint density at radius 2 is 1.72 bits per heavy atom. The Balaban J connectivity index is 1.62. The summed E-state index contributed by atoms with van der Waals surface area (Å²) in [4.78, 5) is 29.3. The third-order valence-electron chi connectivity index (χ3n) is 5.94. The van der Waals surface area contributed by atoms with Crippen LogP contribution in [0.5, 0.6) is 0 Å². The minimum atomic E-state index is -0.551. The standard InChI is InChI=1S/C22H31N5O2/c1-5-25(6-2)20(28)19-16-27(24-23-19)18-12-14-26(15-13-18)21(29)22(3,4)17-10-8-7-9-11-17/h7-11,16,18H,5-6,12-15H2,1-4H3. The highest BCUT2D eigenvalue weighted by atomic mass is 16.2. The molecule has 1 aromatic carbocycles. The van der Waals surface area contributed by atoms with E-state index in [4.69, 9.17) is 0 Å². The molecule has 0 bridgehead atoms. The zero-order valence-electron chi connectivity index (χ0n) is 17.8. The molecule has 1 fully saturated rings. The van der Waals surface area contributed by atoms with Crippen LogP contribution in [0, 0.1) is 0 Å². The van der Waals surface area contributed by atoms with Gasteiger partial charge in [0.15, 0.2) is 5.69 Å². The van der Waals surface area contributed by atoms with Crippen molar-refractivity contribution in [2.75, 3.05) is 26.2 Å². The van der Waals surface area contributed by atoms with Crippen molar-refractivity contribution in [1.29, 1.82) is 0 Å². The fourth-order valence-electron chi connectivity index (χ4n) is 3.93. The highest BCUT2D eigenvalue weighted by molar-refractivity contribution is 5.91. The zero-order chi connectivity index (χ0) is 21.0. The van der Waals surface area contributed by atoms with E-state index in [0.717, 1.165) is 18.4 Å². The molecule has 0 unspecified atom stereocenters. The zero-order valence-corrected chi connectivity index (χ0v) is 17.8. The maximum absolute atomic E-state index is 13.1. The van der Waals surface area contributed by atoms with E-state index in [-0.39, 0.29) is 17.9 Å². The van der Waals surface area contributed by atoms with Crippen LogP contribution in [0.2, 0.25) is 0 Å². The van der Waals surface area contributed by atoms with Gasteiger partial charge in [0.2, 0.25) is 5.91 Å². The van der Waals surface area contributed by atoms with Gasteiger partial charge in [-0.25, -0.2) is 4.68 Å². The summed E-state index contributed by atoms with van der Waals surface area (Å²) in [5.74, 6) is 0.0663. The number of carbonyl (C=O) groups excluding carboxylic acids is 2. The smallest absolute Gasteiger partial charge is 0.276 e. The van der Waals surface area contributed by atoms with Gasteiger partial charge in [-0.2, -0.15) is 0 Å². The maximum atomic E-state index is 13.1. The highest BCUT2D eigenvalue weighted by Gasteiger charge is 2.35. The van der Waals surface area contributed by atoms with E-state index in [2.05, 4.69) is 10.3 Å². The number of benzene rings is 1. The summed E-state index contributed by atoms with van der Waals surface area (Å²) in [6.45, 7) is 10.5. The second-order valence-corrected chi connectivity index (χ2v) is 8.08. The number of hydrogen-bond donors (Lipinski definition) is 0. The monoisotopic (exact) mass is 397 g/mol. The molecule has 156 valence electrons. The van der Waals surface area contributed by atoms with Gasteiger partial charge in [0.25, 0.3) is 5.91 Å². The molecule has 1 aromatic heterocycles. The van der Waals surface area contributed by atoms with Crippen LogP contribution in [-0.4, -0.2) is 62.8 Å². The van der Waals surface area contributed by atoms with Gasteiger partial charge in [0, 0.05) is 26.2 Å². The summed E-state index contributed by atoms with van der Waals surface area (Å²) in [6, 6.07) is 10.1. The highest BCUT2D eigenvalue weighted by Crippen LogP contribution is 2.29. The Kier molecular flexibility index (Phi) is 6.35. The van der Waals surface area contributed by atoms with E-state index in [0.29, 0.717) is 31.9 Å². The fourth-order valence-corrected chi connectivity index (χ4v) is 3.93. The number of rotatable bonds is 6. The summed E-state index contributed by atoms with van der Waals surface area (Å²) in [6.07, 6.45) is 3.36. The van der Waals surface area contributed by atoms with Crippen molar-refractivity contribution in [3.63, 3.8) is 0 Å². The Hall–Kier alpha value is -2.70. The molecule has 2 aromatic rings. The number of carbonyl (C=O) groups is 2. The first-order chi connectivity index (χ1) is 13.9. The lowest BCUT2D eigenvalue weighted by atomic mass is 9.82. The average Bonchev–Trinajstić information content (AvgIpc) is 3.25.